The molecule has 16 heavy (non-hydrogen) atoms. The molecule has 0 radical (unpaired) electrons. The third kappa shape index (κ3) is 2.25. The molecule has 0 aromatic heterocycles. The van der Waals surface area contributed by atoms with Gasteiger partial charge >= 0.3 is 0 Å². The Morgan fingerprint density at radius 1 is 1.38 bits per heavy atom. The van der Waals surface area contributed by atoms with E-state index in [9.17, 15) is 0 Å². The molecule has 1 saturated heterocycles. The van der Waals surface area contributed by atoms with Gasteiger partial charge < -0.3 is 10.5 Å². The average molecular weight is 218 g/mol. The smallest absolute Gasteiger partial charge is 0.0785 e. The number of hydrogen-bond acceptors (Lipinski definition) is 3. The quantitative estimate of drug-likeness (QED) is 0.592. The number of nitrogens with one attached hydrogen (secondary N) is 1. The van der Waals surface area contributed by atoms with E-state index < -0.39 is 0 Å². The molecule has 2 unspecified atom stereocenters. The van der Waals surface area contributed by atoms with Crippen molar-refractivity contribution in [1.29, 1.82) is 0 Å². The molecule has 0 aliphatic carbocycles. The van der Waals surface area contributed by atoms with Gasteiger partial charge in [0.1, 0.15) is 0 Å². The monoisotopic (exact) mass is 218 g/mol. The van der Waals surface area contributed by atoms with Crippen LogP contribution in [0.2, 0.25) is 0 Å². The predicted molar refractivity (Wildman–Crippen MR) is 64.9 cm³/mol. The Labute approximate surface area is 96.2 Å². The number of rotatable bonds is 2. The summed E-state index contributed by atoms with van der Waals surface area (Å²) in [5.74, 6) is 0. The van der Waals surface area contributed by atoms with Crippen molar-refractivity contribution in [3.05, 3.63) is 35.9 Å². The number of nitrogens with zero attached hydrogens (tertiary/aromatic N) is 1. The van der Waals surface area contributed by atoms with Gasteiger partial charge in [-0.3, -0.25) is 0 Å². The molecule has 86 valence electrons. The molecule has 2 N–H and O–H groups in total. The second-order valence-corrected chi connectivity index (χ2v) is 4.25. The van der Waals surface area contributed by atoms with Gasteiger partial charge in [0, 0.05) is 6.04 Å². The third-order valence-corrected chi connectivity index (χ3v) is 3.24. The molecule has 3 heteroatoms. The summed E-state index contributed by atoms with van der Waals surface area (Å²) in [5.41, 5.74) is 2.02. The summed E-state index contributed by atoms with van der Waals surface area (Å²) >= 11 is 0. The molecule has 3 nitrogen and oxygen atoms in total. The molecule has 0 amide bonds. The highest BCUT2D eigenvalue weighted by atomic mass is 16.4. The van der Waals surface area contributed by atoms with Crippen LogP contribution in [0.15, 0.2) is 35.5 Å². The summed E-state index contributed by atoms with van der Waals surface area (Å²) in [6, 6.07) is 10.8. The lowest BCUT2D eigenvalue weighted by Gasteiger charge is -2.31. The van der Waals surface area contributed by atoms with Gasteiger partial charge in [0.15, 0.2) is 0 Å². The lowest BCUT2D eigenvalue weighted by molar-refractivity contribution is 0.306. The van der Waals surface area contributed by atoms with E-state index in [2.05, 4.69) is 29.5 Å². The maximum absolute atomic E-state index is 9.03. The Balaban J connectivity index is 2.22. The molecule has 2 rings (SSSR count). The van der Waals surface area contributed by atoms with Crippen LogP contribution in [0, 0.1) is 0 Å². The molecule has 1 heterocycles. The van der Waals surface area contributed by atoms with Gasteiger partial charge in [0.25, 0.3) is 0 Å². The van der Waals surface area contributed by atoms with E-state index in [1.807, 2.05) is 18.2 Å². The molecule has 0 saturated carbocycles. The van der Waals surface area contributed by atoms with Crippen molar-refractivity contribution in [2.45, 2.75) is 38.3 Å². The maximum Gasteiger partial charge on any atom is 0.0785 e. The first-order chi connectivity index (χ1) is 7.85. The minimum atomic E-state index is 0.0740. The summed E-state index contributed by atoms with van der Waals surface area (Å²) in [5, 5.41) is 16.0. The lowest BCUT2D eigenvalue weighted by Crippen LogP contribution is -2.41. The number of oxime groups is 1. The van der Waals surface area contributed by atoms with Gasteiger partial charge in [-0.25, -0.2) is 0 Å². The highest BCUT2D eigenvalue weighted by Crippen LogP contribution is 2.24. The van der Waals surface area contributed by atoms with E-state index in [0.29, 0.717) is 6.04 Å². The fourth-order valence-corrected chi connectivity index (χ4v) is 2.25. The van der Waals surface area contributed by atoms with Crippen LogP contribution < -0.4 is 5.32 Å². The summed E-state index contributed by atoms with van der Waals surface area (Å²) in [6.45, 7) is 2.18. The SMILES string of the molecule is CCC1CCC(=NO)C(c2ccccc2)N1. The van der Waals surface area contributed by atoms with Gasteiger partial charge in [0.2, 0.25) is 0 Å². The van der Waals surface area contributed by atoms with E-state index in [1.54, 1.807) is 0 Å². The van der Waals surface area contributed by atoms with Crippen molar-refractivity contribution in [1.82, 2.24) is 5.32 Å². The maximum atomic E-state index is 9.03. The van der Waals surface area contributed by atoms with E-state index in [0.717, 1.165) is 25.0 Å². The molecule has 1 aromatic carbocycles. The zero-order valence-electron chi connectivity index (χ0n) is 9.56. The topological polar surface area (TPSA) is 44.6 Å². The lowest BCUT2D eigenvalue weighted by atomic mass is 9.91. The average Bonchev–Trinajstić information content (AvgIpc) is 2.39. The van der Waals surface area contributed by atoms with E-state index in [-0.39, 0.29) is 6.04 Å². The van der Waals surface area contributed by atoms with Crippen LogP contribution in [0.4, 0.5) is 0 Å². The second kappa shape index (κ2) is 5.12. The van der Waals surface area contributed by atoms with Crippen LogP contribution in [-0.4, -0.2) is 17.0 Å². The summed E-state index contributed by atoms with van der Waals surface area (Å²) in [6.07, 6.45) is 3.04. The van der Waals surface area contributed by atoms with Gasteiger partial charge in [-0.05, 0) is 24.8 Å². The number of benzene rings is 1. The summed E-state index contributed by atoms with van der Waals surface area (Å²) in [4.78, 5) is 0. The van der Waals surface area contributed by atoms with Crippen molar-refractivity contribution in [2.75, 3.05) is 0 Å². The molecule has 2 atom stereocenters. The van der Waals surface area contributed by atoms with Crippen LogP contribution in [0.1, 0.15) is 37.8 Å². The van der Waals surface area contributed by atoms with Gasteiger partial charge in [0.05, 0.1) is 11.8 Å². The summed E-state index contributed by atoms with van der Waals surface area (Å²) in [7, 11) is 0. The van der Waals surface area contributed by atoms with Gasteiger partial charge in [-0.15, -0.1) is 0 Å². The molecule has 1 fully saturated rings. The van der Waals surface area contributed by atoms with Gasteiger partial charge in [-0.2, -0.15) is 0 Å². The van der Waals surface area contributed by atoms with Crippen molar-refractivity contribution in [3.63, 3.8) is 0 Å². The molecule has 1 aliphatic heterocycles. The normalized spacial score (nSPS) is 28.2. The van der Waals surface area contributed by atoms with Crippen LogP contribution in [0.5, 0.6) is 0 Å². The Morgan fingerprint density at radius 2 is 2.12 bits per heavy atom. The molecular weight excluding hydrogens is 200 g/mol. The van der Waals surface area contributed by atoms with Crippen molar-refractivity contribution >= 4 is 5.71 Å². The Kier molecular flexibility index (Phi) is 3.57. The molecule has 1 aromatic rings. The number of hydrogen-bond donors (Lipinski definition) is 2. The van der Waals surface area contributed by atoms with Crippen molar-refractivity contribution in [3.8, 4) is 0 Å². The highest BCUT2D eigenvalue weighted by molar-refractivity contribution is 5.90. The number of piperidine rings is 1. The fraction of sp³-hybridized carbons (Fsp3) is 0.462. The zero-order valence-corrected chi connectivity index (χ0v) is 9.56. The first-order valence-electron chi connectivity index (χ1n) is 5.87. The minimum Gasteiger partial charge on any atom is -0.411 e. The van der Waals surface area contributed by atoms with E-state index in [4.69, 9.17) is 5.21 Å². The highest BCUT2D eigenvalue weighted by Gasteiger charge is 2.26. The van der Waals surface area contributed by atoms with Crippen molar-refractivity contribution < 1.29 is 5.21 Å². The predicted octanol–water partition coefficient (Wildman–Crippen LogP) is 2.72. The Hall–Kier alpha value is -1.35. The van der Waals surface area contributed by atoms with Crippen LogP contribution >= 0.6 is 0 Å². The van der Waals surface area contributed by atoms with E-state index in [1.165, 1.54) is 5.56 Å². The minimum absolute atomic E-state index is 0.0740. The molecular formula is C13H18N2O. The molecule has 0 spiro atoms. The van der Waals surface area contributed by atoms with Gasteiger partial charge in [-0.1, -0.05) is 42.4 Å². The molecule has 1 aliphatic rings. The Morgan fingerprint density at radius 3 is 2.75 bits per heavy atom. The van der Waals surface area contributed by atoms with Crippen LogP contribution in [-0.2, 0) is 0 Å². The fourth-order valence-electron chi connectivity index (χ4n) is 2.25. The van der Waals surface area contributed by atoms with Crippen molar-refractivity contribution in [2.24, 2.45) is 5.16 Å². The first-order valence-corrected chi connectivity index (χ1v) is 5.87. The summed E-state index contributed by atoms with van der Waals surface area (Å²) < 4.78 is 0. The third-order valence-electron chi connectivity index (χ3n) is 3.24. The van der Waals surface area contributed by atoms with E-state index >= 15 is 0 Å². The largest absolute Gasteiger partial charge is 0.411 e. The second-order valence-electron chi connectivity index (χ2n) is 4.25. The zero-order chi connectivity index (χ0) is 11.4. The Bertz CT molecular complexity index is 361. The van der Waals surface area contributed by atoms with Crippen LogP contribution in [0.3, 0.4) is 0 Å². The standard InChI is InChI=1S/C13H18N2O/c1-2-11-8-9-12(15-16)13(14-11)10-6-4-3-5-7-10/h3-7,11,13-14,16H,2,8-9H2,1H3. The molecule has 0 bridgehead atoms. The first kappa shape index (κ1) is 11.1. The van der Waals surface area contributed by atoms with Crippen LogP contribution in [0.25, 0.3) is 0 Å².